The Kier molecular flexibility index (Phi) is 6.55. The molecule has 1 saturated heterocycles. The molecule has 32 heavy (non-hydrogen) atoms. The SMILES string of the molecule is CC(C)CCNC(=O)[C@H]1Cc2cc([N+](=O)[O-])ccc2N2CCN(c3ccccc3Cl)C[C@@H]12. The van der Waals surface area contributed by atoms with Crippen LogP contribution in [0.1, 0.15) is 25.8 Å². The summed E-state index contributed by atoms with van der Waals surface area (Å²) in [4.78, 5) is 28.7. The molecule has 0 bridgehead atoms. The number of nitrogens with one attached hydrogen (secondary N) is 1. The Labute approximate surface area is 193 Å². The van der Waals surface area contributed by atoms with E-state index in [0.29, 0.717) is 30.5 Å². The number of rotatable bonds is 6. The van der Waals surface area contributed by atoms with Gasteiger partial charge in [0.05, 0.1) is 27.6 Å². The molecular formula is C24H29ClN4O3. The van der Waals surface area contributed by atoms with Gasteiger partial charge in [-0.15, -0.1) is 0 Å². The summed E-state index contributed by atoms with van der Waals surface area (Å²) in [6.45, 7) is 7.05. The molecule has 7 nitrogen and oxygen atoms in total. The maximum Gasteiger partial charge on any atom is 0.269 e. The van der Waals surface area contributed by atoms with Crippen LogP contribution < -0.4 is 15.1 Å². The van der Waals surface area contributed by atoms with Gasteiger partial charge >= 0.3 is 0 Å². The number of nitrogens with zero attached hydrogens (tertiary/aromatic N) is 3. The van der Waals surface area contributed by atoms with Gasteiger partial charge in [-0.05, 0) is 42.5 Å². The van der Waals surface area contributed by atoms with Gasteiger partial charge in [-0.1, -0.05) is 37.6 Å². The summed E-state index contributed by atoms with van der Waals surface area (Å²) in [6, 6.07) is 12.8. The number of para-hydroxylation sites is 1. The first-order valence-electron chi connectivity index (χ1n) is 11.2. The van der Waals surface area contributed by atoms with Crippen LogP contribution in [0.4, 0.5) is 17.1 Å². The second kappa shape index (κ2) is 9.36. The maximum absolute atomic E-state index is 13.3. The first kappa shape index (κ1) is 22.4. The Morgan fingerprint density at radius 2 is 2.00 bits per heavy atom. The highest BCUT2D eigenvalue weighted by atomic mass is 35.5. The predicted octanol–water partition coefficient (Wildman–Crippen LogP) is 4.28. The normalized spacial score (nSPS) is 20.0. The van der Waals surface area contributed by atoms with E-state index in [2.05, 4.69) is 29.0 Å². The molecule has 1 fully saturated rings. The number of hydrogen-bond acceptors (Lipinski definition) is 5. The van der Waals surface area contributed by atoms with Crippen LogP contribution in [-0.4, -0.2) is 43.1 Å². The molecule has 0 unspecified atom stereocenters. The fourth-order valence-corrected chi connectivity index (χ4v) is 5.02. The average molecular weight is 457 g/mol. The van der Waals surface area contributed by atoms with Crippen molar-refractivity contribution in [2.24, 2.45) is 11.8 Å². The van der Waals surface area contributed by atoms with Gasteiger partial charge in [0.25, 0.3) is 5.69 Å². The van der Waals surface area contributed by atoms with Crippen LogP contribution in [0, 0.1) is 22.0 Å². The molecule has 1 N–H and O–H groups in total. The molecule has 2 aliphatic rings. The fraction of sp³-hybridized carbons (Fsp3) is 0.458. The molecular weight excluding hydrogens is 428 g/mol. The number of anilines is 2. The monoisotopic (exact) mass is 456 g/mol. The molecule has 170 valence electrons. The van der Waals surface area contributed by atoms with Gasteiger partial charge in [-0.2, -0.15) is 0 Å². The van der Waals surface area contributed by atoms with Crippen molar-refractivity contribution in [3.8, 4) is 0 Å². The summed E-state index contributed by atoms with van der Waals surface area (Å²) < 4.78 is 0. The number of fused-ring (bicyclic) bond motifs is 3. The number of piperazine rings is 1. The van der Waals surface area contributed by atoms with Crippen LogP contribution >= 0.6 is 11.6 Å². The predicted molar refractivity (Wildman–Crippen MR) is 128 cm³/mol. The molecule has 0 aromatic heterocycles. The minimum absolute atomic E-state index is 0.0128. The van der Waals surface area contributed by atoms with E-state index >= 15 is 0 Å². The average Bonchev–Trinajstić information content (AvgIpc) is 2.77. The van der Waals surface area contributed by atoms with E-state index in [4.69, 9.17) is 11.6 Å². The van der Waals surface area contributed by atoms with E-state index in [9.17, 15) is 14.9 Å². The molecule has 2 heterocycles. The lowest BCUT2D eigenvalue weighted by Crippen LogP contribution is -2.61. The molecule has 0 radical (unpaired) electrons. The lowest BCUT2D eigenvalue weighted by Gasteiger charge is -2.49. The van der Waals surface area contributed by atoms with Crippen LogP contribution in [0.3, 0.4) is 0 Å². The topological polar surface area (TPSA) is 78.7 Å². The lowest BCUT2D eigenvalue weighted by atomic mass is 9.83. The molecule has 0 aliphatic carbocycles. The summed E-state index contributed by atoms with van der Waals surface area (Å²) in [7, 11) is 0. The van der Waals surface area contributed by atoms with Crippen molar-refractivity contribution < 1.29 is 9.72 Å². The van der Waals surface area contributed by atoms with Crippen molar-refractivity contribution in [3.63, 3.8) is 0 Å². The summed E-state index contributed by atoms with van der Waals surface area (Å²) in [5.74, 6) is 0.229. The van der Waals surface area contributed by atoms with Gasteiger partial charge in [0.2, 0.25) is 5.91 Å². The number of halogens is 1. The number of nitro groups is 1. The largest absolute Gasteiger partial charge is 0.366 e. The van der Waals surface area contributed by atoms with Gasteiger partial charge in [0.1, 0.15) is 0 Å². The van der Waals surface area contributed by atoms with Crippen molar-refractivity contribution in [3.05, 3.63) is 63.2 Å². The molecule has 2 aliphatic heterocycles. The van der Waals surface area contributed by atoms with E-state index in [1.165, 1.54) is 0 Å². The van der Waals surface area contributed by atoms with E-state index in [1.807, 2.05) is 30.3 Å². The standard InChI is InChI=1S/C24H29ClN4O3/c1-16(2)9-10-26-24(30)19-14-17-13-18(29(31)32)7-8-21(17)28-12-11-27(15-23(19)28)22-6-4-3-5-20(22)25/h3-8,13,16,19,23H,9-12,14-15H2,1-2H3,(H,26,30)/t19-,23-/m0/s1. The number of nitro benzene ring substituents is 1. The Balaban J connectivity index is 1.64. The van der Waals surface area contributed by atoms with Gasteiger partial charge < -0.3 is 15.1 Å². The Morgan fingerprint density at radius 1 is 1.22 bits per heavy atom. The number of non-ortho nitro benzene ring substituents is 1. The molecule has 0 saturated carbocycles. The summed E-state index contributed by atoms with van der Waals surface area (Å²) in [6.07, 6.45) is 1.41. The van der Waals surface area contributed by atoms with Crippen LogP contribution in [0.5, 0.6) is 0 Å². The fourth-order valence-electron chi connectivity index (χ4n) is 4.77. The summed E-state index contributed by atoms with van der Waals surface area (Å²) in [5, 5.41) is 15.1. The summed E-state index contributed by atoms with van der Waals surface area (Å²) >= 11 is 6.46. The van der Waals surface area contributed by atoms with Crippen molar-refractivity contribution in [1.82, 2.24) is 5.32 Å². The summed E-state index contributed by atoms with van der Waals surface area (Å²) in [5.41, 5.74) is 2.90. The third-order valence-electron chi connectivity index (χ3n) is 6.46. The van der Waals surface area contributed by atoms with Crippen molar-refractivity contribution >= 4 is 34.6 Å². The highest BCUT2D eigenvalue weighted by Crippen LogP contribution is 2.39. The van der Waals surface area contributed by atoms with Crippen LogP contribution in [0.25, 0.3) is 0 Å². The molecule has 2 aromatic rings. The molecule has 8 heteroatoms. The van der Waals surface area contributed by atoms with Gasteiger partial charge in [0, 0.05) is 44.0 Å². The number of amides is 1. The Hall–Kier alpha value is -2.80. The van der Waals surface area contributed by atoms with Crippen molar-refractivity contribution in [2.45, 2.75) is 32.7 Å². The highest BCUT2D eigenvalue weighted by Gasteiger charge is 2.42. The van der Waals surface area contributed by atoms with Crippen LogP contribution in [0.2, 0.25) is 5.02 Å². The Bertz CT molecular complexity index is 1010. The van der Waals surface area contributed by atoms with Crippen molar-refractivity contribution in [2.75, 3.05) is 36.0 Å². The number of hydrogen-bond donors (Lipinski definition) is 1. The van der Waals surface area contributed by atoms with E-state index in [1.54, 1.807) is 12.1 Å². The van der Waals surface area contributed by atoms with Gasteiger partial charge in [0.15, 0.2) is 0 Å². The number of carbonyl (C=O) groups excluding carboxylic acids is 1. The number of carbonyl (C=O) groups is 1. The first-order valence-corrected chi connectivity index (χ1v) is 11.5. The second-order valence-electron chi connectivity index (χ2n) is 9.01. The van der Waals surface area contributed by atoms with Gasteiger partial charge in [-0.25, -0.2) is 0 Å². The third-order valence-corrected chi connectivity index (χ3v) is 6.78. The van der Waals surface area contributed by atoms with Crippen molar-refractivity contribution in [1.29, 1.82) is 0 Å². The van der Waals surface area contributed by atoms with Gasteiger partial charge in [-0.3, -0.25) is 14.9 Å². The smallest absolute Gasteiger partial charge is 0.269 e. The third kappa shape index (κ3) is 4.53. The molecule has 4 rings (SSSR count). The minimum atomic E-state index is -0.376. The second-order valence-corrected chi connectivity index (χ2v) is 9.42. The lowest BCUT2D eigenvalue weighted by molar-refractivity contribution is -0.384. The zero-order valence-corrected chi connectivity index (χ0v) is 19.2. The van der Waals surface area contributed by atoms with Crippen LogP contribution in [-0.2, 0) is 11.2 Å². The molecule has 1 amide bonds. The van der Waals surface area contributed by atoms with E-state index < -0.39 is 0 Å². The minimum Gasteiger partial charge on any atom is -0.366 e. The highest BCUT2D eigenvalue weighted by molar-refractivity contribution is 6.33. The molecule has 2 aromatic carbocycles. The van der Waals surface area contributed by atoms with E-state index in [0.717, 1.165) is 36.4 Å². The molecule has 2 atom stereocenters. The first-order chi connectivity index (χ1) is 15.3. The number of benzene rings is 2. The quantitative estimate of drug-likeness (QED) is 0.518. The zero-order valence-electron chi connectivity index (χ0n) is 18.5. The maximum atomic E-state index is 13.3. The Morgan fingerprint density at radius 3 is 2.72 bits per heavy atom. The molecule has 0 spiro atoms. The van der Waals surface area contributed by atoms with E-state index in [-0.39, 0.29) is 28.5 Å². The zero-order chi connectivity index (χ0) is 22.8. The van der Waals surface area contributed by atoms with Crippen LogP contribution in [0.15, 0.2) is 42.5 Å².